The maximum absolute atomic E-state index is 8.89. The van der Waals surface area contributed by atoms with Crippen LogP contribution in [0.2, 0.25) is 0 Å². The van der Waals surface area contributed by atoms with Gasteiger partial charge in [0, 0.05) is 11.8 Å². The van der Waals surface area contributed by atoms with E-state index >= 15 is 0 Å². The first-order valence-corrected chi connectivity index (χ1v) is 6.09. The highest BCUT2D eigenvalue weighted by atomic mass is 16.5. The summed E-state index contributed by atoms with van der Waals surface area (Å²) >= 11 is 0. The lowest BCUT2D eigenvalue weighted by Crippen LogP contribution is -1.96. The highest BCUT2D eigenvalue weighted by Gasteiger charge is 2.01. The molecule has 19 heavy (non-hydrogen) atoms. The zero-order valence-corrected chi connectivity index (χ0v) is 11.0. The standard InChI is InChI=1S/C15H15N3O/c1-3-19-15-7-6-14(10-17-15)18-13-5-4-12(9-16)11(2)8-13/h4-8,10,18H,3H2,1-2H3. The molecular weight excluding hydrogens is 238 g/mol. The molecule has 0 bridgehead atoms. The summed E-state index contributed by atoms with van der Waals surface area (Å²) in [5.74, 6) is 0.615. The molecule has 0 atom stereocenters. The van der Waals surface area contributed by atoms with Crippen molar-refractivity contribution in [2.45, 2.75) is 13.8 Å². The molecule has 0 aliphatic carbocycles. The predicted octanol–water partition coefficient (Wildman–Crippen LogP) is 3.40. The minimum atomic E-state index is 0.606. The van der Waals surface area contributed by atoms with Gasteiger partial charge in [0.25, 0.3) is 0 Å². The molecule has 0 radical (unpaired) electrons. The van der Waals surface area contributed by atoms with Crippen LogP contribution in [0, 0.1) is 18.3 Å². The predicted molar refractivity (Wildman–Crippen MR) is 74.6 cm³/mol. The number of benzene rings is 1. The van der Waals surface area contributed by atoms with Crippen LogP contribution in [0.15, 0.2) is 36.5 Å². The summed E-state index contributed by atoms with van der Waals surface area (Å²) in [6.45, 7) is 4.45. The fourth-order valence-corrected chi connectivity index (χ4v) is 1.72. The number of aryl methyl sites for hydroxylation is 1. The van der Waals surface area contributed by atoms with Gasteiger partial charge in [-0.25, -0.2) is 4.98 Å². The van der Waals surface area contributed by atoms with Gasteiger partial charge >= 0.3 is 0 Å². The summed E-state index contributed by atoms with van der Waals surface area (Å²) < 4.78 is 5.29. The number of anilines is 2. The van der Waals surface area contributed by atoms with Gasteiger partial charge < -0.3 is 10.1 Å². The number of rotatable bonds is 4. The van der Waals surface area contributed by atoms with Gasteiger partial charge in [-0.15, -0.1) is 0 Å². The van der Waals surface area contributed by atoms with Gasteiger partial charge in [0.15, 0.2) is 0 Å². The van der Waals surface area contributed by atoms with Crippen molar-refractivity contribution < 1.29 is 4.74 Å². The number of aromatic nitrogens is 1. The number of hydrogen-bond donors (Lipinski definition) is 1. The first kappa shape index (κ1) is 12.9. The van der Waals surface area contributed by atoms with Gasteiger partial charge in [0.1, 0.15) is 0 Å². The third kappa shape index (κ3) is 3.23. The molecule has 4 heteroatoms. The van der Waals surface area contributed by atoms with E-state index in [4.69, 9.17) is 10.00 Å². The van der Waals surface area contributed by atoms with Crippen molar-refractivity contribution in [3.05, 3.63) is 47.7 Å². The average Bonchev–Trinajstić information content (AvgIpc) is 2.42. The number of nitrogens with one attached hydrogen (secondary N) is 1. The molecular formula is C15H15N3O. The normalized spacial score (nSPS) is 9.74. The number of ether oxygens (including phenoxy) is 1. The van der Waals surface area contributed by atoms with E-state index in [1.165, 1.54) is 0 Å². The van der Waals surface area contributed by atoms with Gasteiger partial charge in [0.2, 0.25) is 5.88 Å². The van der Waals surface area contributed by atoms with Gasteiger partial charge in [0.05, 0.1) is 30.1 Å². The van der Waals surface area contributed by atoms with Crippen LogP contribution in [-0.4, -0.2) is 11.6 Å². The molecule has 4 nitrogen and oxygen atoms in total. The summed E-state index contributed by atoms with van der Waals surface area (Å²) in [5, 5.41) is 12.1. The van der Waals surface area contributed by atoms with E-state index in [1.54, 1.807) is 12.3 Å². The highest BCUT2D eigenvalue weighted by Crippen LogP contribution is 2.20. The van der Waals surface area contributed by atoms with E-state index in [9.17, 15) is 0 Å². The second kappa shape index (κ2) is 5.87. The Hall–Kier alpha value is -2.54. The van der Waals surface area contributed by atoms with Crippen LogP contribution >= 0.6 is 0 Å². The van der Waals surface area contributed by atoms with Crippen molar-refractivity contribution in [3.8, 4) is 11.9 Å². The Balaban J connectivity index is 2.13. The molecule has 2 aromatic rings. The van der Waals surface area contributed by atoms with Crippen molar-refractivity contribution in [1.29, 1.82) is 5.26 Å². The largest absolute Gasteiger partial charge is 0.478 e. The van der Waals surface area contributed by atoms with Gasteiger partial charge in [-0.2, -0.15) is 5.26 Å². The molecule has 1 N–H and O–H groups in total. The third-order valence-electron chi connectivity index (χ3n) is 2.66. The summed E-state index contributed by atoms with van der Waals surface area (Å²) in [5.41, 5.74) is 3.46. The minimum absolute atomic E-state index is 0.606. The second-order valence-electron chi connectivity index (χ2n) is 4.08. The molecule has 0 aliphatic heterocycles. The number of nitrogens with zero attached hydrogens (tertiary/aromatic N) is 2. The van der Waals surface area contributed by atoms with E-state index in [0.29, 0.717) is 18.1 Å². The summed E-state index contributed by atoms with van der Waals surface area (Å²) in [4.78, 5) is 4.18. The molecule has 0 unspecified atom stereocenters. The van der Waals surface area contributed by atoms with E-state index in [1.807, 2.05) is 38.1 Å². The monoisotopic (exact) mass is 253 g/mol. The van der Waals surface area contributed by atoms with Crippen LogP contribution in [0.4, 0.5) is 11.4 Å². The van der Waals surface area contributed by atoms with Crippen molar-refractivity contribution in [2.75, 3.05) is 11.9 Å². The Bertz CT molecular complexity index is 600. The fourth-order valence-electron chi connectivity index (χ4n) is 1.72. The molecule has 96 valence electrons. The molecule has 0 saturated heterocycles. The number of hydrogen-bond acceptors (Lipinski definition) is 4. The Morgan fingerprint density at radius 1 is 1.26 bits per heavy atom. The molecule has 0 fully saturated rings. The van der Waals surface area contributed by atoms with Gasteiger partial charge in [-0.3, -0.25) is 0 Å². The SMILES string of the molecule is CCOc1ccc(Nc2ccc(C#N)c(C)c2)cn1. The Morgan fingerprint density at radius 2 is 2.05 bits per heavy atom. The third-order valence-corrected chi connectivity index (χ3v) is 2.66. The number of nitriles is 1. The van der Waals surface area contributed by atoms with Crippen LogP contribution in [0.25, 0.3) is 0 Å². The van der Waals surface area contributed by atoms with E-state index in [2.05, 4.69) is 16.4 Å². The van der Waals surface area contributed by atoms with Crippen molar-refractivity contribution in [3.63, 3.8) is 0 Å². The van der Waals surface area contributed by atoms with E-state index in [-0.39, 0.29) is 0 Å². The lowest BCUT2D eigenvalue weighted by atomic mass is 10.1. The molecule has 0 spiro atoms. The molecule has 1 aromatic carbocycles. The fraction of sp³-hybridized carbons (Fsp3) is 0.200. The Morgan fingerprint density at radius 3 is 2.63 bits per heavy atom. The van der Waals surface area contributed by atoms with Crippen LogP contribution < -0.4 is 10.1 Å². The molecule has 0 aliphatic rings. The quantitative estimate of drug-likeness (QED) is 0.907. The Kier molecular flexibility index (Phi) is 3.99. The van der Waals surface area contributed by atoms with Crippen molar-refractivity contribution >= 4 is 11.4 Å². The van der Waals surface area contributed by atoms with Gasteiger partial charge in [-0.05, 0) is 43.7 Å². The molecule has 1 aromatic heterocycles. The smallest absolute Gasteiger partial charge is 0.213 e. The minimum Gasteiger partial charge on any atom is -0.478 e. The molecule has 0 amide bonds. The zero-order valence-electron chi connectivity index (χ0n) is 11.0. The molecule has 0 saturated carbocycles. The van der Waals surface area contributed by atoms with Crippen LogP contribution in [-0.2, 0) is 0 Å². The van der Waals surface area contributed by atoms with E-state index in [0.717, 1.165) is 16.9 Å². The van der Waals surface area contributed by atoms with Crippen molar-refractivity contribution in [2.24, 2.45) is 0 Å². The topological polar surface area (TPSA) is 57.9 Å². The lowest BCUT2D eigenvalue weighted by Gasteiger charge is -2.08. The summed E-state index contributed by atoms with van der Waals surface area (Å²) in [7, 11) is 0. The molecule has 2 rings (SSSR count). The van der Waals surface area contributed by atoms with Gasteiger partial charge in [-0.1, -0.05) is 0 Å². The first-order chi connectivity index (χ1) is 9.22. The summed E-state index contributed by atoms with van der Waals surface area (Å²) in [6.07, 6.45) is 1.72. The van der Waals surface area contributed by atoms with E-state index < -0.39 is 0 Å². The van der Waals surface area contributed by atoms with Crippen LogP contribution in [0.5, 0.6) is 5.88 Å². The lowest BCUT2D eigenvalue weighted by molar-refractivity contribution is 0.327. The maximum atomic E-state index is 8.89. The highest BCUT2D eigenvalue weighted by molar-refractivity contribution is 5.61. The molecule has 1 heterocycles. The Labute approximate surface area is 112 Å². The summed E-state index contributed by atoms with van der Waals surface area (Å²) in [6, 6.07) is 11.5. The first-order valence-electron chi connectivity index (χ1n) is 6.09. The maximum Gasteiger partial charge on any atom is 0.213 e. The second-order valence-corrected chi connectivity index (χ2v) is 4.08. The number of pyridine rings is 1. The van der Waals surface area contributed by atoms with Crippen LogP contribution in [0.1, 0.15) is 18.1 Å². The zero-order chi connectivity index (χ0) is 13.7. The van der Waals surface area contributed by atoms with Crippen molar-refractivity contribution in [1.82, 2.24) is 4.98 Å². The average molecular weight is 253 g/mol. The van der Waals surface area contributed by atoms with Crippen LogP contribution in [0.3, 0.4) is 0 Å².